The molecular formula is C16H23N3O. The molecule has 1 aromatic carbocycles. The number of rotatable bonds is 5. The number of nitrogens with zero attached hydrogens (tertiary/aromatic N) is 3. The number of hydrogen-bond donors (Lipinski definition) is 1. The first-order chi connectivity index (χ1) is 9.63. The molecule has 0 spiro atoms. The van der Waals surface area contributed by atoms with Crippen LogP contribution in [0.25, 0.3) is 0 Å². The van der Waals surface area contributed by atoms with Gasteiger partial charge in [-0.05, 0) is 37.6 Å². The summed E-state index contributed by atoms with van der Waals surface area (Å²) in [5.41, 5.74) is 1.83. The monoisotopic (exact) mass is 273 g/mol. The fourth-order valence-electron chi connectivity index (χ4n) is 3.06. The van der Waals surface area contributed by atoms with Crippen LogP contribution < -0.4 is 0 Å². The SMILES string of the molecule is CN(C)C[C@@H]1CN(Cc2ccccc2C#N)C[C@@H]1CO. The first-order valence-corrected chi connectivity index (χ1v) is 7.10. The van der Waals surface area contributed by atoms with Crippen molar-refractivity contribution < 1.29 is 5.11 Å². The van der Waals surface area contributed by atoms with Crippen molar-refractivity contribution in [2.24, 2.45) is 11.8 Å². The molecule has 2 atom stereocenters. The second-order valence-corrected chi connectivity index (χ2v) is 5.93. The minimum atomic E-state index is 0.245. The van der Waals surface area contributed by atoms with Gasteiger partial charge < -0.3 is 10.0 Å². The normalized spacial score (nSPS) is 23.1. The van der Waals surface area contributed by atoms with Gasteiger partial charge in [0, 0.05) is 32.8 Å². The summed E-state index contributed by atoms with van der Waals surface area (Å²) in [5.74, 6) is 0.843. The third-order valence-electron chi connectivity index (χ3n) is 4.02. The Morgan fingerprint density at radius 3 is 2.65 bits per heavy atom. The van der Waals surface area contributed by atoms with Crippen LogP contribution in [0.15, 0.2) is 24.3 Å². The highest BCUT2D eigenvalue weighted by Crippen LogP contribution is 2.25. The predicted octanol–water partition coefficient (Wildman–Crippen LogP) is 1.16. The Labute approximate surface area is 121 Å². The molecule has 4 nitrogen and oxygen atoms in total. The summed E-state index contributed by atoms with van der Waals surface area (Å²) >= 11 is 0. The number of nitriles is 1. The standard InChI is InChI=1S/C16H23N3O/c1-18(2)8-15-10-19(11-16(15)12-20)9-14-6-4-3-5-13(14)7-17/h3-6,15-16,20H,8-12H2,1-2H3/t15-,16-/m1/s1. The first-order valence-electron chi connectivity index (χ1n) is 7.10. The average molecular weight is 273 g/mol. The first kappa shape index (κ1) is 15.0. The van der Waals surface area contributed by atoms with Crippen LogP contribution in [0, 0.1) is 23.2 Å². The lowest BCUT2D eigenvalue weighted by atomic mass is 9.97. The molecule has 0 saturated carbocycles. The molecule has 0 unspecified atom stereocenters. The van der Waals surface area contributed by atoms with Crippen LogP contribution in [0.1, 0.15) is 11.1 Å². The van der Waals surface area contributed by atoms with E-state index in [1.165, 1.54) is 0 Å². The van der Waals surface area contributed by atoms with E-state index in [9.17, 15) is 5.11 Å². The Balaban J connectivity index is 2.03. The Bertz CT molecular complexity index is 481. The fourth-order valence-corrected chi connectivity index (χ4v) is 3.06. The van der Waals surface area contributed by atoms with Gasteiger partial charge in [-0.2, -0.15) is 5.26 Å². The number of benzene rings is 1. The maximum Gasteiger partial charge on any atom is 0.0995 e. The summed E-state index contributed by atoms with van der Waals surface area (Å²) in [6.45, 7) is 3.94. The lowest BCUT2D eigenvalue weighted by Gasteiger charge is -2.20. The third-order valence-corrected chi connectivity index (χ3v) is 4.02. The molecule has 108 valence electrons. The number of hydrogen-bond acceptors (Lipinski definition) is 4. The van der Waals surface area contributed by atoms with Gasteiger partial charge in [0.1, 0.15) is 0 Å². The van der Waals surface area contributed by atoms with Crippen molar-refractivity contribution in [2.45, 2.75) is 6.54 Å². The van der Waals surface area contributed by atoms with E-state index in [-0.39, 0.29) is 6.61 Å². The Hall–Kier alpha value is -1.41. The molecule has 1 N–H and O–H groups in total. The molecule has 1 heterocycles. The molecule has 20 heavy (non-hydrogen) atoms. The quantitative estimate of drug-likeness (QED) is 0.874. The van der Waals surface area contributed by atoms with Crippen LogP contribution in [-0.4, -0.2) is 55.2 Å². The minimum absolute atomic E-state index is 0.245. The molecule has 0 radical (unpaired) electrons. The molecule has 4 heteroatoms. The van der Waals surface area contributed by atoms with Crippen molar-refractivity contribution >= 4 is 0 Å². The highest BCUT2D eigenvalue weighted by molar-refractivity contribution is 5.37. The minimum Gasteiger partial charge on any atom is -0.396 e. The fraction of sp³-hybridized carbons (Fsp3) is 0.562. The number of likely N-dealkylation sites (tertiary alicyclic amines) is 1. The van der Waals surface area contributed by atoms with Gasteiger partial charge in [-0.15, -0.1) is 0 Å². The van der Waals surface area contributed by atoms with Gasteiger partial charge in [0.25, 0.3) is 0 Å². The topological polar surface area (TPSA) is 50.5 Å². The van der Waals surface area contributed by atoms with Crippen LogP contribution in [0.5, 0.6) is 0 Å². The second-order valence-electron chi connectivity index (χ2n) is 5.93. The molecule has 2 rings (SSSR count). The van der Waals surface area contributed by atoms with E-state index in [2.05, 4.69) is 30.0 Å². The largest absolute Gasteiger partial charge is 0.396 e. The van der Waals surface area contributed by atoms with Crippen molar-refractivity contribution in [1.82, 2.24) is 9.80 Å². The van der Waals surface area contributed by atoms with Crippen LogP contribution in [0.4, 0.5) is 0 Å². The summed E-state index contributed by atoms with van der Waals surface area (Å²) < 4.78 is 0. The summed E-state index contributed by atoms with van der Waals surface area (Å²) in [4.78, 5) is 4.53. The van der Waals surface area contributed by atoms with Crippen LogP contribution in [0.3, 0.4) is 0 Å². The van der Waals surface area contributed by atoms with Gasteiger partial charge in [-0.25, -0.2) is 0 Å². The van der Waals surface area contributed by atoms with E-state index >= 15 is 0 Å². The van der Waals surface area contributed by atoms with Crippen molar-refractivity contribution in [3.8, 4) is 6.07 Å². The number of aliphatic hydroxyl groups excluding tert-OH is 1. The molecule has 0 bridgehead atoms. The van der Waals surface area contributed by atoms with Gasteiger partial charge in [0.15, 0.2) is 0 Å². The summed E-state index contributed by atoms with van der Waals surface area (Å²) in [6.07, 6.45) is 0. The van der Waals surface area contributed by atoms with E-state index in [1.807, 2.05) is 24.3 Å². The van der Waals surface area contributed by atoms with Crippen molar-refractivity contribution in [3.63, 3.8) is 0 Å². The summed E-state index contributed by atoms with van der Waals surface area (Å²) in [7, 11) is 4.14. The van der Waals surface area contributed by atoms with Gasteiger partial charge in [-0.1, -0.05) is 18.2 Å². The molecule has 1 fully saturated rings. The molecule has 1 aromatic rings. The molecular weight excluding hydrogens is 250 g/mol. The van der Waals surface area contributed by atoms with Gasteiger partial charge >= 0.3 is 0 Å². The van der Waals surface area contributed by atoms with Crippen molar-refractivity contribution in [2.75, 3.05) is 40.3 Å². The lowest BCUT2D eigenvalue weighted by molar-refractivity contribution is 0.183. The van der Waals surface area contributed by atoms with Gasteiger partial charge in [0.05, 0.1) is 11.6 Å². The average Bonchev–Trinajstić information content (AvgIpc) is 2.80. The molecule has 0 aliphatic carbocycles. The molecule has 1 saturated heterocycles. The highest BCUT2D eigenvalue weighted by atomic mass is 16.3. The molecule has 0 amide bonds. The zero-order valence-corrected chi connectivity index (χ0v) is 12.3. The third kappa shape index (κ3) is 3.57. The lowest BCUT2D eigenvalue weighted by Crippen LogP contribution is -2.28. The molecule has 1 aliphatic rings. The van der Waals surface area contributed by atoms with Crippen molar-refractivity contribution in [3.05, 3.63) is 35.4 Å². The van der Waals surface area contributed by atoms with Gasteiger partial charge in [0.2, 0.25) is 0 Å². The number of aliphatic hydroxyl groups is 1. The van der Waals surface area contributed by atoms with E-state index in [1.54, 1.807) is 0 Å². The molecule has 1 aliphatic heterocycles. The Morgan fingerprint density at radius 2 is 2.00 bits per heavy atom. The highest BCUT2D eigenvalue weighted by Gasteiger charge is 2.32. The Morgan fingerprint density at radius 1 is 1.30 bits per heavy atom. The maximum absolute atomic E-state index is 9.54. The van der Waals surface area contributed by atoms with Crippen LogP contribution in [0.2, 0.25) is 0 Å². The van der Waals surface area contributed by atoms with E-state index in [0.29, 0.717) is 11.8 Å². The zero-order chi connectivity index (χ0) is 14.5. The maximum atomic E-state index is 9.54. The van der Waals surface area contributed by atoms with E-state index in [0.717, 1.165) is 37.3 Å². The second kappa shape index (κ2) is 6.85. The van der Waals surface area contributed by atoms with Crippen LogP contribution >= 0.6 is 0 Å². The van der Waals surface area contributed by atoms with Gasteiger partial charge in [-0.3, -0.25) is 4.90 Å². The van der Waals surface area contributed by atoms with Crippen molar-refractivity contribution in [1.29, 1.82) is 5.26 Å². The van der Waals surface area contributed by atoms with Crippen LogP contribution in [-0.2, 0) is 6.54 Å². The Kier molecular flexibility index (Phi) is 5.13. The summed E-state index contributed by atoms with van der Waals surface area (Å²) in [5, 5.41) is 18.7. The smallest absolute Gasteiger partial charge is 0.0995 e. The predicted molar refractivity (Wildman–Crippen MR) is 79.1 cm³/mol. The summed E-state index contributed by atoms with van der Waals surface area (Å²) in [6, 6.07) is 10.0. The molecule has 0 aromatic heterocycles. The van der Waals surface area contributed by atoms with E-state index < -0.39 is 0 Å². The van der Waals surface area contributed by atoms with E-state index in [4.69, 9.17) is 5.26 Å². The zero-order valence-electron chi connectivity index (χ0n) is 12.3.